The van der Waals surface area contributed by atoms with Gasteiger partial charge < -0.3 is 16.2 Å². The molecule has 0 aliphatic carbocycles. The summed E-state index contributed by atoms with van der Waals surface area (Å²) in [6, 6.07) is 2.00. The van der Waals surface area contributed by atoms with Crippen molar-refractivity contribution < 1.29 is 18.3 Å². The van der Waals surface area contributed by atoms with Crippen LogP contribution in [0.15, 0.2) is 16.6 Å². The summed E-state index contributed by atoms with van der Waals surface area (Å²) in [6.45, 7) is 3.56. The number of hydrogen-bond acceptors (Lipinski definition) is 3. The van der Waals surface area contributed by atoms with Crippen LogP contribution in [0.25, 0.3) is 0 Å². The highest BCUT2D eigenvalue weighted by Gasteiger charge is 2.34. The van der Waals surface area contributed by atoms with E-state index in [-0.39, 0.29) is 47.6 Å². The van der Waals surface area contributed by atoms with E-state index in [1.54, 1.807) is 0 Å². The van der Waals surface area contributed by atoms with Gasteiger partial charge in [0.1, 0.15) is 0 Å². The highest BCUT2D eigenvalue weighted by Crippen LogP contribution is 2.39. The molecular formula is C13H20BrCl2F3N2O. The average molecular weight is 428 g/mol. The van der Waals surface area contributed by atoms with Crippen LogP contribution < -0.4 is 11.1 Å². The molecule has 0 saturated carbocycles. The molecule has 0 spiro atoms. The summed E-state index contributed by atoms with van der Waals surface area (Å²) >= 11 is 3.04. The van der Waals surface area contributed by atoms with Gasteiger partial charge in [0.05, 0.1) is 23.9 Å². The Balaban J connectivity index is 0. The van der Waals surface area contributed by atoms with E-state index in [1.807, 2.05) is 13.8 Å². The Hall–Kier alpha value is -0.210. The molecule has 9 heteroatoms. The first-order valence-electron chi connectivity index (χ1n) is 6.23. The molecule has 1 aromatic carbocycles. The number of benzene rings is 1. The van der Waals surface area contributed by atoms with Gasteiger partial charge in [0.25, 0.3) is 0 Å². The Bertz CT molecular complexity index is 475. The lowest BCUT2D eigenvalue weighted by molar-refractivity contribution is -0.137. The fourth-order valence-corrected chi connectivity index (χ4v) is 2.27. The van der Waals surface area contributed by atoms with Crippen LogP contribution in [0.3, 0.4) is 0 Å². The molecule has 3 nitrogen and oxygen atoms in total. The average Bonchev–Trinajstić information content (AvgIpc) is 2.37. The SMILES string of the molecule is CCC(C)NC(CO)c1cc(Br)c(N)c(C(F)(F)F)c1.Cl.Cl. The standard InChI is InChI=1S/C13H18BrF3N2O.2ClH/c1-3-7(2)19-11(6-20)8-4-9(13(15,16)17)12(18)10(14)5-8;;/h4-5,7,11,19-20H,3,6,18H2,1-2H3;2*1H. The minimum absolute atomic E-state index is 0. The second-order valence-electron chi connectivity index (χ2n) is 4.67. The summed E-state index contributed by atoms with van der Waals surface area (Å²) in [5.41, 5.74) is 4.56. The number of alkyl halides is 3. The largest absolute Gasteiger partial charge is 0.418 e. The number of nitrogens with one attached hydrogen (secondary N) is 1. The molecule has 0 heterocycles. The van der Waals surface area contributed by atoms with Crippen LogP contribution in [0.1, 0.15) is 37.4 Å². The third kappa shape index (κ3) is 6.12. The highest BCUT2D eigenvalue weighted by atomic mass is 79.9. The van der Waals surface area contributed by atoms with Gasteiger partial charge in [0.15, 0.2) is 0 Å². The van der Waals surface area contributed by atoms with E-state index >= 15 is 0 Å². The number of aliphatic hydroxyl groups is 1. The highest BCUT2D eigenvalue weighted by molar-refractivity contribution is 9.10. The molecule has 0 fully saturated rings. The smallest absolute Gasteiger partial charge is 0.397 e. The zero-order chi connectivity index (χ0) is 15.5. The van der Waals surface area contributed by atoms with Crippen LogP contribution >= 0.6 is 40.7 Å². The van der Waals surface area contributed by atoms with Crippen LogP contribution in [-0.4, -0.2) is 17.8 Å². The summed E-state index contributed by atoms with van der Waals surface area (Å²) in [6.07, 6.45) is -3.72. The number of nitrogens with two attached hydrogens (primary N) is 1. The molecule has 0 amide bonds. The Kier molecular flexibility index (Phi) is 10.7. The van der Waals surface area contributed by atoms with Crippen molar-refractivity contribution in [3.05, 3.63) is 27.7 Å². The van der Waals surface area contributed by atoms with Gasteiger partial charge >= 0.3 is 6.18 Å². The van der Waals surface area contributed by atoms with Crippen molar-refractivity contribution >= 4 is 46.4 Å². The first-order chi connectivity index (χ1) is 9.20. The monoisotopic (exact) mass is 426 g/mol. The number of hydrogen-bond donors (Lipinski definition) is 3. The van der Waals surface area contributed by atoms with Gasteiger partial charge in [-0.3, -0.25) is 0 Å². The number of anilines is 1. The van der Waals surface area contributed by atoms with Crippen LogP contribution in [0.2, 0.25) is 0 Å². The van der Waals surface area contributed by atoms with E-state index < -0.39 is 17.8 Å². The van der Waals surface area contributed by atoms with Gasteiger partial charge in [-0.2, -0.15) is 13.2 Å². The van der Waals surface area contributed by atoms with E-state index in [2.05, 4.69) is 21.2 Å². The van der Waals surface area contributed by atoms with Gasteiger partial charge in [0.2, 0.25) is 0 Å². The van der Waals surface area contributed by atoms with E-state index in [4.69, 9.17) is 5.73 Å². The maximum absolute atomic E-state index is 12.9. The molecule has 130 valence electrons. The molecule has 0 aliphatic heterocycles. The van der Waals surface area contributed by atoms with Crippen molar-refractivity contribution in [2.75, 3.05) is 12.3 Å². The van der Waals surface area contributed by atoms with Crippen molar-refractivity contribution in [2.45, 2.75) is 38.5 Å². The molecule has 0 saturated heterocycles. The molecule has 1 aromatic rings. The Morgan fingerprint density at radius 1 is 1.32 bits per heavy atom. The normalized spacial score (nSPS) is 13.8. The second-order valence-corrected chi connectivity index (χ2v) is 5.53. The van der Waals surface area contributed by atoms with Crippen LogP contribution in [0.5, 0.6) is 0 Å². The third-order valence-electron chi connectivity index (χ3n) is 3.14. The Morgan fingerprint density at radius 3 is 2.27 bits per heavy atom. The minimum atomic E-state index is -4.53. The van der Waals surface area contributed by atoms with Crippen LogP contribution in [0, 0.1) is 0 Å². The van der Waals surface area contributed by atoms with Gasteiger partial charge in [0, 0.05) is 10.5 Å². The van der Waals surface area contributed by atoms with E-state index in [0.717, 1.165) is 12.5 Å². The number of aliphatic hydroxyl groups excluding tert-OH is 1. The number of rotatable bonds is 5. The van der Waals surface area contributed by atoms with Crippen molar-refractivity contribution in [3.63, 3.8) is 0 Å². The zero-order valence-electron chi connectivity index (χ0n) is 12.1. The molecule has 0 aromatic heterocycles. The quantitative estimate of drug-likeness (QED) is 0.613. The molecule has 22 heavy (non-hydrogen) atoms. The van der Waals surface area contributed by atoms with Crippen LogP contribution in [-0.2, 0) is 6.18 Å². The molecule has 0 radical (unpaired) electrons. The third-order valence-corrected chi connectivity index (χ3v) is 3.80. The molecule has 0 aliphatic rings. The topological polar surface area (TPSA) is 58.3 Å². The first kappa shape index (κ1) is 24.0. The molecule has 1 rings (SSSR count). The van der Waals surface area contributed by atoms with Gasteiger partial charge in [-0.1, -0.05) is 6.92 Å². The van der Waals surface area contributed by atoms with Gasteiger partial charge in [-0.25, -0.2) is 0 Å². The predicted octanol–water partition coefficient (Wildman–Crippen LogP) is 4.32. The van der Waals surface area contributed by atoms with Crippen molar-refractivity contribution in [1.82, 2.24) is 5.32 Å². The Labute approximate surface area is 148 Å². The summed E-state index contributed by atoms with van der Waals surface area (Å²) in [7, 11) is 0. The summed E-state index contributed by atoms with van der Waals surface area (Å²) in [5, 5.41) is 12.5. The zero-order valence-corrected chi connectivity index (χ0v) is 15.3. The fourth-order valence-electron chi connectivity index (χ4n) is 1.79. The number of nitrogen functional groups attached to an aromatic ring is 1. The molecule has 0 bridgehead atoms. The summed E-state index contributed by atoms with van der Waals surface area (Å²) in [5.74, 6) is 0. The minimum Gasteiger partial charge on any atom is -0.397 e. The van der Waals surface area contributed by atoms with Gasteiger partial charge in [-0.15, -0.1) is 24.8 Å². The fraction of sp³-hybridized carbons (Fsp3) is 0.538. The first-order valence-corrected chi connectivity index (χ1v) is 7.03. The van der Waals surface area contributed by atoms with Gasteiger partial charge in [-0.05, 0) is 47.0 Å². The van der Waals surface area contributed by atoms with Crippen molar-refractivity contribution in [2.24, 2.45) is 0 Å². The van der Waals surface area contributed by atoms with Crippen LogP contribution in [0.4, 0.5) is 18.9 Å². The summed E-state index contributed by atoms with van der Waals surface area (Å²) in [4.78, 5) is 0. The maximum atomic E-state index is 12.9. The molecular weight excluding hydrogens is 408 g/mol. The van der Waals surface area contributed by atoms with Crippen molar-refractivity contribution in [1.29, 1.82) is 0 Å². The molecule has 2 atom stereocenters. The maximum Gasteiger partial charge on any atom is 0.418 e. The lowest BCUT2D eigenvalue weighted by atomic mass is 10.0. The Morgan fingerprint density at radius 2 is 1.86 bits per heavy atom. The number of halogens is 6. The lowest BCUT2D eigenvalue weighted by Gasteiger charge is -2.23. The van der Waals surface area contributed by atoms with E-state index in [1.165, 1.54) is 6.07 Å². The molecule has 4 N–H and O–H groups in total. The van der Waals surface area contributed by atoms with E-state index in [0.29, 0.717) is 5.56 Å². The lowest BCUT2D eigenvalue weighted by Crippen LogP contribution is -2.32. The second kappa shape index (κ2) is 9.82. The predicted molar refractivity (Wildman–Crippen MR) is 90.8 cm³/mol. The molecule has 2 unspecified atom stereocenters. The summed E-state index contributed by atoms with van der Waals surface area (Å²) < 4.78 is 38.9. The van der Waals surface area contributed by atoms with Crippen molar-refractivity contribution in [3.8, 4) is 0 Å². The van der Waals surface area contributed by atoms with E-state index in [9.17, 15) is 18.3 Å².